The summed E-state index contributed by atoms with van der Waals surface area (Å²) in [6.45, 7) is -1.04. The summed E-state index contributed by atoms with van der Waals surface area (Å²) in [5.74, 6) is -2.11. The molecule has 2 aromatic rings. The van der Waals surface area contributed by atoms with Gasteiger partial charge in [-0.1, -0.05) is 5.16 Å². The number of aliphatic hydroxyl groups is 1. The van der Waals surface area contributed by atoms with Crippen molar-refractivity contribution in [2.75, 3.05) is 6.54 Å². The van der Waals surface area contributed by atoms with Crippen molar-refractivity contribution in [2.45, 2.75) is 17.9 Å². The van der Waals surface area contributed by atoms with E-state index < -0.39 is 38.7 Å². The number of halogens is 2. The van der Waals surface area contributed by atoms with Gasteiger partial charge in [0, 0.05) is 13.0 Å². The zero-order valence-corrected chi connectivity index (χ0v) is 11.4. The summed E-state index contributed by atoms with van der Waals surface area (Å²) in [4.78, 5) is 2.96. The molecule has 0 saturated carbocycles. The Balaban J connectivity index is 2.16. The lowest BCUT2D eigenvalue weighted by Gasteiger charge is -2.09. The summed E-state index contributed by atoms with van der Waals surface area (Å²) in [7, 11) is -4.19. The van der Waals surface area contributed by atoms with Crippen molar-refractivity contribution in [1.29, 1.82) is 0 Å². The number of aromatic nitrogens is 2. The molecule has 1 heterocycles. The molecule has 0 spiro atoms. The molecule has 21 heavy (non-hydrogen) atoms. The van der Waals surface area contributed by atoms with Crippen LogP contribution in [-0.2, 0) is 23.1 Å². The van der Waals surface area contributed by atoms with Crippen molar-refractivity contribution in [2.24, 2.45) is 0 Å². The molecule has 0 aliphatic heterocycles. The first kappa shape index (κ1) is 15.5. The maximum absolute atomic E-state index is 13.9. The van der Waals surface area contributed by atoms with Crippen LogP contribution in [0, 0.1) is 11.6 Å². The predicted molar refractivity (Wildman–Crippen MR) is 65.5 cm³/mol. The van der Waals surface area contributed by atoms with Crippen molar-refractivity contribution in [3.8, 4) is 0 Å². The Hall–Kier alpha value is -1.91. The third-order valence-electron chi connectivity index (χ3n) is 2.64. The summed E-state index contributed by atoms with van der Waals surface area (Å²) >= 11 is 0. The number of rotatable bonds is 6. The molecule has 0 aliphatic rings. The second-order valence-corrected chi connectivity index (χ2v) is 5.71. The van der Waals surface area contributed by atoms with Gasteiger partial charge in [-0.3, -0.25) is 0 Å². The second-order valence-electron chi connectivity index (χ2n) is 3.98. The average Bonchev–Trinajstić information content (AvgIpc) is 2.92. The van der Waals surface area contributed by atoms with Crippen LogP contribution in [0.2, 0.25) is 0 Å². The lowest BCUT2D eigenvalue weighted by Crippen LogP contribution is -2.27. The molecule has 0 atom stereocenters. The van der Waals surface area contributed by atoms with Crippen LogP contribution in [0.4, 0.5) is 8.78 Å². The Morgan fingerprint density at radius 1 is 1.33 bits per heavy atom. The Morgan fingerprint density at radius 3 is 2.71 bits per heavy atom. The van der Waals surface area contributed by atoms with Crippen molar-refractivity contribution < 1.29 is 26.8 Å². The fourth-order valence-electron chi connectivity index (χ4n) is 1.60. The second kappa shape index (κ2) is 6.24. The van der Waals surface area contributed by atoms with Crippen LogP contribution >= 0.6 is 0 Å². The predicted octanol–water partition coefficient (Wildman–Crippen LogP) is 0.361. The van der Waals surface area contributed by atoms with E-state index in [1.54, 1.807) is 0 Å². The van der Waals surface area contributed by atoms with Gasteiger partial charge in [0.15, 0.2) is 12.1 Å². The van der Waals surface area contributed by atoms with E-state index in [9.17, 15) is 17.2 Å². The molecule has 0 aliphatic carbocycles. The molecule has 114 valence electrons. The molecule has 0 saturated heterocycles. The Kier molecular flexibility index (Phi) is 4.60. The number of nitrogens with one attached hydrogen (secondary N) is 1. The molecule has 2 N–H and O–H groups in total. The maximum atomic E-state index is 13.9. The van der Waals surface area contributed by atoms with Crippen LogP contribution < -0.4 is 4.72 Å². The van der Waals surface area contributed by atoms with E-state index in [0.29, 0.717) is 0 Å². The van der Waals surface area contributed by atoms with Crippen molar-refractivity contribution in [3.05, 3.63) is 41.5 Å². The quantitative estimate of drug-likeness (QED) is 0.796. The van der Waals surface area contributed by atoms with Gasteiger partial charge < -0.3 is 9.63 Å². The van der Waals surface area contributed by atoms with Gasteiger partial charge >= 0.3 is 0 Å². The lowest BCUT2D eigenvalue weighted by molar-refractivity contribution is 0.267. The third kappa shape index (κ3) is 3.40. The number of benzene rings is 1. The van der Waals surface area contributed by atoms with Crippen LogP contribution in [0.1, 0.15) is 11.5 Å². The SMILES string of the molecule is O=S(=O)(NCCc1ncno1)c1ccc(F)c(CO)c1F. The van der Waals surface area contributed by atoms with E-state index in [1.807, 2.05) is 0 Å². The van der Waals surface area contributed by atoms with E-state index in [1.165, 1.54) is 0 Å². The summed E-state index contributed by atoms with van der Waals surface area (Å²) in [6.07, 6.45) is 1.28. The number of hydrogen-bond donors (Lipinski definition) is 2. The minimum absolute atomic E-state index is 0.101. The summed E-state index contributed by atoms with van der Waals surface area (Å²) < 4.78 is 57.8. The van der Waals surface area contributed by atoms with Crippen LogP contribution in [0.5, 0.6) is 0 Å². The first-order valence-electron chi connectivity index (χ1n) is 5.78. The molecule has 0 amide bonds. The molecule has 7 nitrogen and oxygen atoms in total. The highest BCUT2D eigenvalue weighted by molar-refractivity contribution is 7.89. The first-order valence-corrected chi connectivity index (χ1v) is 7.27. The zero-order chi connectivity index (χ0) is 15.5. The molecule has 0 bridgehead atoms. The number of nitrogens with zero attached hydrogens (tertiary/aromatic N) is 2. The van der Waals surface area contributed by atoms with Crippen LogP contribution in [0.25, 0.3) is 0 Å². The fraction of sp³-hybridized carbons (Fsp3) is 0.273. The molecule has 0 radical (unpaired) electrons. The third-order valence-corrected chi connectivity index (χ3v) is 4.11. The van der Waals surface area contributed by atoms with Crippen LogP contribution in [-0.4, -0.2) is 30.2 Å². The average molecular weight is 319 g/mol. The fourth-order valence-corrected chi connectivity index (χ4v) is 2.74. The molecular weight excluding hydrogens is 308 g/mol. The van der Waals surface area contributed by atoms with Gasteiger partial charge in [-0.25, -0.2) is 21.9 Å². The van der Waals surface area contributed by atoms with Gasteiger partial charge in [-0.15, -0.1) is 0 Å². The highest BCUT2D eigenvalue weighted by Gasteiger charge is 2.23. The van der Waals surface area contributed by atoms with Crippen molar-refractivity contribution in [1.82, 2.24) is 14.9 Å². The summed E-state index contributed by atoms with van der Waals surface area (Å²) in [5, 5.41) is 12.2. The molecule has 0 fully saturated rings. The molecule has 2 rings (SSSR count). The van der Waals surface area contributed by atoms with Gasteiger partial charge in [-0.05, 0) is 12.1 Å². The smallest absolute Gasteiger partial charge is 0.243 e. The molecular formula is C11H11F2N3O4S. The molecule has 10 heteroatoms. The normalized spacial score (nSPS) is 11.8. The Labute approximate surface area is 118 Å². The van der Waals surface area contributed by atoms with Gasteiger partial charge in [0.05, 0.1) is 12.2 Å². The molecule has 1 aromatic heterocycles. The standard InChI is InChI=1S/C11H11F2N3O4S/c12-8-1-2-9(11(13)7(8)5-17)21(18,19)16-4-3-10-14-6-15-20-10/h1-2,6,16-17H,3-5H2. The van der Waals surface area contributed by atoms with Gasteiger partial charge in [0.2, 0.25) is 15.9 Å². The maximum Gasteiger partial charge on any atom is 0.243 e. The van der Waals surface area contributed by atoms with E-state index in [2.05, 4.69) is 19.4 Å². The van der Waals surface area contributed by atoms with Gasteiger partial charge in [-0.2, -0.15) is 4.98 Å². The van der Waals surface area contributed by atoms with E-state index in [-0.39, 0.29) is 18.9 Å². The van der Waals surface area contributed by atoms with E-state index in [0.717, 1.165) is 18.5 Å². The highest BCUT2D eigenvalue weighted by atomic mass is 32.2. The molecule has 0 unspecified atom stereocenters. The lowest BCUT2D eigenvalue weighted by atomic mass is 10.2. The summed E-state index contributed by atoms with van der Waals surface area (Å²) in [5.41, 5.74) is -0.699. The number of hydrogen-bond acceptors (Lipinski definition) is 6. The topological polar surface area (TPSA) is 105 Å². The van der Waals surface area contributed by atoms with E-state index in [4.69, 9.17) is 5.11 Å². The van der Waals surface area contributed by atoms with Crippen LogP contribution in [0.15, 0.2) is 27.9 Å². The van der Waals surface area contributed by atoms with E-state index >= 15 is 0 Å². The summed E-state index contributed by atoms with van der Waals surface area (Å²) in [6, 6.07) is 1.57. The Morgan fingerprint density at radius 2 is 2.10 bits per heavy atom. The minimum Gasteiger partial charge on any atom is -0.391 e. The molecule has 1 aromatic carbocycles. The van der Waals surface area contributed by atoms with Crippen molar-refractivity contribution >= 4 is 10.0 Å². The van der Waals surface area contributed by atoms with Crippen molar-refractivity contribution in [3.63, 3.8) is 0 Å². The Bertz CT molecular complexity index is 719. The zero-order valence-electron chi connectivity index (χ0n) is 10.6. The van der Waals surface area contributed by atoms with Gasteiger partial charge in [0.1, 0.15) is 10.7 Å². The largest absolute Gasteiger partial charge is 0.391 e. The number of sulfonamides is 1. The van der Waals surface area contributed by atoms with Gasteiger partial charge in [0.25, 0.3) is 0 Å². The number of aliphatic hydroxyl groups excluding tert-OH is 1. The monoisotopic (exact) mass is 319 g/mol. The van der Waals surface area contributed by atoms with Crippen LogP contribution in [0.3, 0.4) is 0 Å². The minimum atomic E-state index is -4.19. The highest BCUT2D eigenvalue weighted by Crippen LogP contribution is 2.20. The first-order chi connectivity index (χ1) is 9.95.